The van der Waals surface area contributed by atoms with Crippen LogP contribution >= 0.6 is 0 Å². The largest absolute Gasteiger partial charge is 0.493 e. The molecule has 0 bridgehead atoms. The summed E-state index contributed by atoms with van der Waals surface area (Å²) in [4.78, 5) is 17.0. The minimum absolute atomic E-state index is 0.0118. The quantitative estimate of drug-likeness (QED) is 0.252. The number of nitrogens with zero attached hydrogens (tertiary/aromatic N) is 1. The molecule has 0 fully saturated rings. The number of para-hydroxylation sites is 1. The lowest BCUT2D eigenvalue weighted by Crippen LogP contribution is -2.39. The summed E-state index contributed by atoms with van der Waals surface area (Å²) in [6.45, 7) is 8.99. The van der Waals surface area contributed by atoms with E-state index in [1.165, 1.54) is 5.56 Å². The molecule has 0 aliphatic carbocycles. The average molecular weight is 530 g/mol. The number of nitrogens with one attached hydrogen (secondary N) is 2. The molecule has 0 spiro atoms. The summed E-state index contributed by atoms with van der Waals surface area (Å²) in [7, 11) is 1.66. The molecular weight excluding hydrogens is 490 g/mol. The van der Waals surface area contributed by atoms with Gasteiger partial charge in [0, 0.05) is 40.6 Å². The number of aromatic nitrogens is 2. The predicted molar refractivity (Wildman–Crippen MR) is 155 cm³/mol. The number of carbonyl (C=O) groups excluding carboxylic acids is 1. The number of aromatic amines is 1. The highest BCUT2D eigenvalue weighted by atomic mass is 16.5. The molecule has 0 saturated heterocycles. The van der Waals surface area contributed by atoms with Gasteiger partial charge in [-0.1, -0.05) is 32.0 Å². The molecule has 5 rings (SSSR count). The van der Waals surface area contributed by atoms with Gasteiger partial charge in [-0.05, 0) is 74.4 Å². The summed E-state index contributed by atoms with van der Waals surface area (Å²) >= 11 is 0. The Bertz CT molecular complexity index is 1480. The maximum atomic E-state index is 13.8. The SMILES string of the molecule is COc1cc2c(cc1OC(C)C)-c1cc(C(=O)NC(CO)Cc3c[nH]c4ccccc34)c(CC(C)C)n1CC2. The molecular formula is C32H39N3O4. The van der Waals surface area contributed by atoms with E-state index >= 15 is 0 Å². The highest BCUT2D eigenvalue weighted by molar-refractivity contribution is 5.97. The fourth-order valence-corrected chi connectivity index (χ4v) is 5.65. The summed E-state index contributed by atoms with van der Waals surface area (Å²) in [5.41, 5.74) is 7.10. The summed E-state index contributed by atoms with van der Waals surface area (Å²) < 4.78 is 14.0. The summed E-state index contributed by atoms with van der Waals surface area (Å²) in [5, 5.41) is 14.4. The third-order valence-corrected chi connectivity index (χ3v) is 7.38. The van der Waals surface area contributed by atoms with Gasteiger partial charge in [0.05, 0.1) is 31.4 Å². The van der Waals surface area contributed by atoms with Crippen molar-refractivity contribution in [2.24, 2.45) is 5.92 Å². The van der Waals surface area contributed by atoms with E-state index < -0.39 is 6.04 Å². The second-order valence-corrected chi connectivity index (χ2v) is 11.1. The number of ether oxygens (including phenoxy) is 2. The van der Waals surface area contributed by atoms with Crippen molar-refractivity contribution in [2.45, 2.75) is 65.6 Å². The van der Waals surface area contributed by atoms with Crippen LogP contribution in [0.5, 0.6) is 11.5 Å². The van der Waals surface area contributed by atoms with E-state index in [0.29, 0.717) is 23.7 Å². The molecule has 0 radical (unpaired) electrons. The molecule has 39 heavy (non-hydrogen) atoms. The van der Waals surface area contributed by atoms with E-state index in [1.807, 2.05) is 50.4 Å². The van der Waals surface area contributed by atoms with Crippen LogP contribution in [0.1, 0.15) is 54.9 Å². The molecule has 7 heteroatoms. The van der Waals surface area contributed by atoms with Gasteiger partial charge in [0.25, 0.3) is 5.91 Å². The Balaban J connectivity index is 1.48. The minimum Gasteiger partial charge on any atom is -0.493 e. The molecule has 1 atom stereocenters. The zero-order chi connectivity index (χ0) is 27.7. The number of aryl methyl sites for hydroxylation is 1. The van der Waals surface area contributed by atoms with Crippen LogP contribution in [0, 0.1) is 5.92 Å². The lowest BCUT2D eigenvalue weighted by Gasteiger charge is -2.24. The number of H-pyrrole nitrogens is 1. The van der Waals surface area contributed by atoms with Crippen LogP contribution in [-0.4, -0.2) is 46.4 Å². The number of methoxy groups -OCH3 is 1. The van der Waals surface area contributed by atoms with Crippen LogP contribution in [0.25, 0.3) is 22.2 Å². The van der Waals surface area contributed by atoms with Crippen LogP contribution in [-0.2, 0) is 25.8 Å². The molecule has 1 aliphatic rings. The van der Waals surface area contributed by atoms with E-state index in [0.717, 1.165) is 58.6 Å². The maximum Gasteiger partial charge on any atom is 0.253 e. The van der Waals surface area contributed by atoms with Crippen molar-refractivity contribution in [3.63, 3.8) is 0 Å². The number of hydrogen-bond donors (Lipinski definition) is 3. The molecule has 0 saturated carbocycles. The topological polar surface area (TPSA) is 88.5 Å². The molecule has 206 valence electrons. The average Bonchev–Trinajstić information content (AvgIpc) is 3.49. The Morgan fingerprint density at radius 1 is 1.10 bits per heavy atom. The second kappa shape index (κ2) is 11.2. The number of rotatable bonds is 10. The summed E-state index contributed by atoms with van der Waals surface area (Å²) in [5.74, 6) is 1.66. The van der Waals surface area contributed by atoms with E-state index in [-0.39, 0.29) is 18.6 Å². The van der Waals surface area contributed by atoms with Crippen LogP contribution in [0.3, 0.4) is 0 Å². The first-order chi connectivity index (χ1) is 18.8. The molecule has 7 nitrogen and oxygen atoms in total. The van der Waals surface area contributed by atoms with Crippen molar-refractivity contribution in [1.29, 1.82) is 0 Å². The predicted octanol–water partition coefficient (Wildman–Crippen LogP) is 5.52. The lowest BCUT2D eigenvalue weighted by atomic mass is 9.97. The standard InChI is InChI=1S/C32H39N3O4/c1-19(2)12-28-26(32(37)34-23(18-36)13-22-17-33-27-9-7-6-8-24(22)27)15-29-25-16-31(39-20(3)4)30(38-5)14-21(25)10-11-35(28)29/h6-9,14-17,19-20,23,33,36H,10-13,18H2,1-5H3,(H,34,37). The molecule has 1 unspecified atom stereocenters. The highest BCUT2D eigenvalue weighted by Crippen LogP contribution is 2.41. The number of hydrogen-bond acceptors (Lipinski definition) is 4. The Kier molecular flexibility index (Phi) is 7.71. The maximum absolute atomic E-state index is 13.8. The smallest absolute Gasteiger partial charge is 0.253 e. The van der Waals surface area contributed by atoms with Gasteiger partial charge >= 0.3 is 0 Å². The van der Waals surface area contributed by atoms with Gasteiger partial charge in [0.15, 0.2) is 11.5 Å². The van der Waals surface area contributed by atoms with Crippen LogP contribution in [0.15, 0.2) is 48.7 Å². The lowest BCUT2D eigenvalue weighted by molar-refractivity contribution is 0.0915. The number of fused-ring (bicyclic) bond motifs is 4. The Hall–Kier alpha value is -3.71. The number of amides is 1. The van der Waals surface area contributed by atoms with Gasteiger partial charge in [0.2, 0.25) is 0 Å². The van der Waals surface area contributed by atoms with Gasteiger partial charge < -0.3 is 29.4 Å². The fourth-order valence-electron chi connectivity index (χ4n) is 5.65. The Morgan fingerprint density at radius 2 is 1.90 bits per heavy atom. The van der Waals surface area contributed by atoms with Crippen LogP contribution in [0.2, 0.25) is 0 Å². The third kappa shape index (κ3) is 5.41. The first-order valence-corrected chi connectivity index (χ1v) is 13.9. The number of carbonyl (C=O) groups is 1. The molecule has 1 aliphatic heterocycles. The van der Waals surface area contributed by atoms with Crippen LogP contribution < -0.4 is 14.8 Å². The fraction of sp³-hybridized carbons (Fsp3) is 0.406. The van der Waals surface area contributed by atoms with E-state index in [1.54, 1.807) is 7.11 Å². The van der Waals surface area contributed by atoms with Gasteiger partial charge in [-0.3, -0.25) is 4.79 Å². The van der Waals surface area contributed by atoms with E-state index in [4.69, 9.17) is 9.47 Å². The van der Waals surface area contributed by atoms with Crippen molar-refractivity contribution in [1.82, 2.24) is 14.9 Å². The Morgan fingerprint density at radius 3 is 2.62 bits per heavy atom. The molecule has 3 heterocycles. The summed E-state index contributed by atoms with van der Waals surface area (Å²) in [6.07, 6.45) is 4.15. The molecule has 3 N–H and O–H groups in total. The normalized spacial score (nSPS) is 13.4. The number of benzene rings is 2. The molecule has 2 aromatic carbocycles. The second-order valence-electron chi connectivity index (χ2n) is 11.1. The highest BCUT2D eigenvalue weighted by Gasteiger charge is 2.28. The summed E-state index contributed by atoms with van der Waals surface area (Å²) in [6, 6.07) is 13.8. The minimum atomic E-state index is -0.400. The molecule has 2 aromatic heterocycles. The van der Waals surface area contributed by atoms with Crippen molar-refractivity contribution >= 4 is 16.8 Å². The van der Waals surface area contributed by atoms with Gasteiger partial charge in [-0.15, -0.1) is 0 Å². The van der Waals surface area contributed by atoms with Crippen LogP contribution in [0.4, 0.5) is 0 Å². The molecule has 1 amide bonds. The first kappa shape index (κ1) is 26.9. The van der Waals surface area contributed by atoms with Crippen molar-refractivity contribution < 1.29 is 19.4 Å². The number of aliphatic hydroxyl groups is 1. The molecule has 4 aromatic rings. The first-order valence-electron chi connectivity index (χ1n) is 13.9. The Labute approximate surface area is 230 Å². The van der Waals surface area contributed by atoms with Gasteiger partial charge in [-0.25, -0.2) is 0 Å². The van der Waals surface area contributed by atoms with E-state index in [9.17, 15) is 9.90 Å². The monoisotopic (exact) mass is 529 g/mol. The zero-order valence-electron chi connectivity index (χ0n) is 23.5. The van der Waals surface area contributed by atoms with E-state index in [2.05, 4.69) is 40.8 Å². The van der Waals surface area contributed by atoms with Gasteiger partial charge in [0.1, 0.15) is 0 Å². The van der Waals surface area contributed by atoms with Gasteiger partial charge in [-0.2, -0.15) is 0 Å². The van der Waals surface area contributed by atoms with Crippen molar-refractivity contribution in [2.75, 3.05) is 13.7 Å². The third-order valence-electron chi connectivity index (χ3n) is 7.38. The van der Waals surface area contributed by atoms with Crippen molar-refractivity contribution in [3.05, 3.63) is 71.0 Å². The van der Waals surface area contributed by atoms with Crippen molar-refractivity contribution in [3.8, 4) is 22.8 Å². The number of aliphatic hydroxyl groups excluding tert-OH is 1. The zero-order valence-corrected chi connectivity index (χ0v) is 23.5.